The van der Waals surface area contributed by atoms with Crippen LogP contribution in [0.2, 0.25) is 0 Å². The Kier molecular flexibility index (Phi) is 6.41. The molecule has 0 spiro atoms. The van der Waals surface area contributed by atoms with Crippen LogP contribution in [0, 0.1) is 12.7 Å². The van der Waals surface area contributed by atoms with Crippen molar-refractivity contribution in [3.63, 3.8) is 0 Å². The van der Waals surface area contributed by atoms with Crippen molar-refractivity contribution in [3.8, 4) is 0 Å². The molecule has 0 saturated carbocycles. The average Bonchev–Trinajstić information content (AvgIpc) is 3.07. The van der Waals surface area contributed by atoms with Gasteiger partial charge >= 0.3 is 0 Å². The van der Waals surface area contributed by atoms with Gasteiger partial charge in [-0.15, -0.1) is 11.3 Å². The molecule has 26 heavy (non-hydrogen) atoms. The third kappa shape index (κ3) is 5.16. The number of amides is 1. The minimum Gasteiger partial charge on any atom is -0.352 e. The summed E-state index contributed by atoms with van der Waals surface area (Å²) >= 11 is 3.34. The van der Waals surface area contributed by atoms with Crippen molar-refractivity contribution in [2.75, 3.05) is 6.54 Å². The van der Waals surface area contributed by atoms with E-state index in [9.17, 15) is 9.18 Å². The second kappa shape index (κ2) is 8.96. The Morgan fingerprint density at radius 2 is 1.96 bits per heavy atom. The van der Waals surface area contributed by atoms with Crippen LogP contribution >= 0.6 is 23.1 Å². The molecule has 0 aliphatic heterocycles. The molecule has 0 radical (unpaired) electrons. The predicted octanol–water partition coefficient (Wildman–Crippen LogP) is 4.86. The minimum atomic E-state index is -0.237. The third-order valence-corrected chi connectivity index (χ3v) is 6.02. The van der Waals surface area contributed by atoms with Gasteiger partial charge in [-0.1, -0.05) is 42.1 Å². The van der Waals surface area contributed by atoms with Crippen molar-refractivity contribution >= 4 is 29.0 Å². The summed E-state index contributed by atoms with van der Waals surface area (Å²) in [6, 6.07) is 14.2. The molecule has 0 bridgehead atoms. The van der Waals surface area contributed by atoms with E-state index in [0.29, 0.717) is 24.1 Å². The molecule has 0 unspecified atom stereocenters. The first kappa shape index (κ1) is 18.6. The lowest BCUT2D eigenvalue weighted by molar-refractivity contribution is 0.0954. The fourth-order valence-electron chi connectivity index (χ4n) is 2.41. The number of hydrogen-bond acceptors (Lipinski definition) is 4. The van der Waals surface area contributed by atoms with Gasteiger partial charge in [0.1, 0.15) is 10.2 Å². The van der Waals surface area contributed by atoms with Gasteiger partial charge in [-0.05, 0) is 42.7 Å². The first-order valence-electron chi connectivity index (χ1n) is 8.27. The minimum absolute atomic E-state index is 0.143. The number of thiazole rings is 1. The van der Waals surface area contributed by atoms with Gasteiger partial charge in [0.05, 0.1) is 0 Å². The number of aryl methyl sites for hydroxylation is 1. The normalized spacial score (nSPS) is 10.7. The summed E-state index contributed by atoms with van der Waals surface area (Å²) in [5.74, 6) is 0.442. The summed E-state index contributed by atoms with van der Waals surface area (Å²) in [5.41, 5.74) is 3.40. The van der Waals surface area contributed by atoms with E-state index < -0.39 is 0 Å². The predicted molar refractivity (Wildman–Crippen MR) is 105 cm³/mol. The Bertz CT molecular complexity index is 878. The highest BCUT2D eigenvalue weighted by Crippen LogP contribution is 2.26. The van der Waals surface area contributed by atoms with Crippen molar-refractivity contribution in [1.29, 1.82) is 0 Å². The largest absolute Gasteiger partial charge is 0.352 e. The molecule has 0 aliphatic rings. The molecular formula is C20H19FN2OS2. The monoisotopic (exact) mass is 386 g/mol. The van der Waals surface area contributed by atoms with E-state index in [4.69, 9.17) is 0 Å². The second-order valence-corrected chi connectivity index (χ2v) is 7.92. The van der Waals surface area contributed by atoms with Gasteiger partial charge in [0.15, 0.2) is 0 Å². The van der Waals surface area contributed by atoms with Crippen LogP contribution in [-0.4, -0.2) is 17.4 Å². The summed E-state index contributed by atoms with van der Waals surface area (Å²) in [6.07, 6.45) is 0.473. The third-order valence-electron chi connectivity index (χ3n) is 3.81. The quantitative estimate of drug-likeness (QED) is 0.590. The number of nitrogens with zero attached hydrogens (tertiary/aromatic N) is 1. The standard InChI is InChI=1S/C20H19FN2OS2/c1-14-12-25-20(23-14)26-13-15-6-8-17(9-7-15)19(24)22-11-10-16-4-2-3-5-18(16)21/h2-9,12H,10-11,13H2,1H3,(H,22,24). The van der Waals surface area contributed by atoms with Gasteiger partial charge in [-0.3, -0.25) is 4.79 Å². The molecule has 1 heterocycles. The fraction of sp³-hybridized carbons (Fsp3) is 0.200. The van der Waals surface area contributed by atoms with Crippen LogP contribution < -0.4 is 5.32 Å². The van der Waals surface area contributed by atoms with Crippen molar-refractivity contribution in [3.05, 3.63) is 82.1 Å². The Morgan fingerprint density at radius 3 is 2.65 bits per heavy atom. The Hall–Kier alpha value is -2.18. The zero-order valence-electron chi connectivity index (χ0n) is 14.4. The van der Waals surface area contributed by atoms with Gasteiger partial charge < -0.3 is 5.32 Å². The second-order valence-electron chi connectivity index (χ2n) is 5.84. The topological polar surface area (TPSA) is 42.0 Å². The van der Waals surface area contributed by atoms with Crippen LogP contribution in [0.15, 0.2) is 58.3 Å². The summed E-state index contributed by atoms with van der Waals surface area (Å²) in [7, 11) is 0. The molecule has 1 N–H and O–H groups in total. The lowest BCUT2D eigenvalue weighted by Gasteiger charge is -2.07. The summed E-state index contributed by atoms with van der Waals surface area (Å²) < 4.78 is 14.6. The van der Waals surface area contributed by atoms with Crippen molar-refractivity contribution < 1.29 is 9.18 Å². The molecule has 0 saturated heterocycles. The smallest absolute Gasteiger partial charge is 0.251 e. The van der Waals surface area contributed by atoms with E-state index in [-0.39, 0.29) is 11.7 Å². The van der Waals surface area contributed by atoms with Crippen LogP contribution in [0.5, 0.6) is 0 Å². The molecule has 1 amide bonds. The summed E-state index contributed by atoms with van der Waals surface area (Å²) in [4.78, 5) is 16.6. The van der Waals surface area contributed by atoms with E-state index >= 15 is 0 Å². The molecule has 3 nitrogen and oxygen atoms in total. The first-order valence-corrected chi connectivity index (χ1v) is 10.1. The van der Waals surface area contributed by atoms with Crippen LogP contribution in [0.3, 0.4) is 0 Å². The van der Waals surface area contributed by atoms with E-state index in [0.717, 1.165) is 21.3 Å². The van der Waals surface area contributed by atoms with Gasteiger partial charge in [0.25, 0.3) is 5.91 Å². The number of nitrogens with one attached hydrogen (secondary N) is 1. The van der Waals surface area contributed by atoms with E-state index in [1.165, 1.54) is 6.07 Å². The number of benzene rings is 2. The zero-order valence-corrected chi connectivity index (χ0v) is 16.0. The highest BCUT2D eigenvalue weighted by atomic mass is 32.2. The molecule has 3 rings (SSSR count). The van der Waals surface area contributed by atoms with Crippen LogP contribution in [-0.2, 0) is 12.2 Å². The number of carbonyl (C=O) groups excluding carboxylic acids is 1. The number of thioether (sulfide) groups is 1. The van der Waals surface area contributed by atoms with Crippen LogP contribution in [0.4, 0.5) is 4.39 Å². The maximum atomic E-state index is 13.6. The van der Waals surface area contributed by atoms with E-state index in [1.807, 2.05) is 36.6 Å². The maximum absolute atomic E-state index is 13.6. The number of rotatable bonds is 7. The van der Waals surface area contributed by atoms with Gasteiger partial charge in [0.2, 0.25) is 0 Å². The molecule has 3 aromatic rings. The van der Waals surface area contributed by atoms with Gasteiger partial charge in [-0.2, -0.15) is 0 Å². The molecular weight excluding hydrogens is 367 g/mol. The Morgan fingerprint density at radius 1 is 1.19 bits per heavy atom. The van der Waals surface area contributed by atoms with Crippen LogP contribution in [0.1, 0.15) is 27.2 Å². The lowest BCUT2D eigenvalue weighted by Crippen LogP contribution is -2.25. The molecule has 0 fully saturated rings. The Labute approximate surface area is 160 Å². The van der Waals surface area contributed by atoms with Crippen molar-refractivity contribution in [1.82, 2.24) is 10.3 Å². The van der Waals surface area contributed by atoms with Crippen molar-refractivity contribution in [2.45, 2.75) is 23.4 Å². The molecule has 1 aromatic heterocycles. The maximum Gasteiger partial charge on any atom is 0.251 e. The molecule has 0 atom stereocenters. The number of carbonyl (C=O) groups is 1. The lowest BCUT2D eigenvalue weighted by atomic mass is 10.1. The highest BCUT2D eigenvalue weighted by molar-refractivity contribution is 8.00. The van der Waals surface area contributed by atoms with Crippen LogP contribution in [0.25, 0.3) is 0 Å². The van der Waals surface area contributed by atoms with Crippen molar-refractivity contribution in [2.24, 2.45) is 0 Å². The zero-order chi connectivity index (χ0) is 18.4. The van der Waals surface area contributed by atoms with E-state index in [1.54, 1.807) is 41.3 Å². The number of aromatic nitrogens is 1. The molecule has 0 aliphatic carbocycles. The molecule has 6 heteroatoms. The molecule has 134 valence electrons. The highest BCUT2D eigenvalue weighted by Gasteiger charge is 2.07. The van der Waals surface area contributed by atoms with E-state index in [2.05, 4.69) is 10.3 Å². The average molecular weight is 387 g/mol. The number of hydrogen-bond donors (Lipinski definition) is 1. The Balaban J connectivity index is 1.48. The van der Waals surface area contributed by atoms with Gasteiger partial charge in [0, 0.05) is 28.9 Å². The summed E-state index contributed by atoms with van der Waals surface area (Å²) in [5, 5.41) is 4.87. The number of halogens is 1. The summed E-state index contributed by atoms with van der Waals surface area (Å²) in [6.45, 7) is 2.39. The first-order chi connectivity index (χ1) is 12.6. The van der Waals surface area contributed by atoms with Gasteiger partial charge in [-0.25, -0.2) is 9.37 Å². The SMILES string of the molecule is Cc1csc(SCc2ccc(C(=O)NCCc3ccccc3F)cc2)n1. The molecule has 2 aromatic carbocycles. The fourth-order valence-corrected chi connectivity index (χ4v) is 4.22.